The lowest BCUT2D eigenvalue weighted by Gasteiger charge is -2.26. The number of methoxy groups -OCH3 is 1. The summed E-state index contributed by atoms with van der Waals surface area (Å²) in [5.41, 5.74) is 3.35. The molecule has 2 rings (SSSR count). The molecule has 0 saturated carbocycles. The van der Waals surface area contributed by atoms with Crippen LogP contribution in [0.3, 0.4) is 0 Å². The van der Waals surface area contributed by atoms with E-state index in [0.717, 1.165) is 50.4 Å². The summed E-state index contributed by atoms with van der Waals surface area (Å²) in [7, 11) is 1.52. The van der Waals surface area contributed by atoms with Crippen molar-refractivity contribution in [2.75, 3.05) is 40.0 Å². The second-order valence-corrected chi connectivity index (χ2v) is 6.13. The maximum atomic E-state index is 9.85. The Balaban J connectivity index is 2.02. The third kappa shape index (κ3) is 4.14. The maximum Gasteiger partial charge on any atom is 0.181 e. The number of morpholine rings is 1. The van der Waals surface area contributed by atoms with Gasteiger partial charge in [0.2, 0.25) is 0 Å². The molecule has 5 heteroatoms. The summed E-state index contributed by atoms with van der Waals surface area (Å²) in [5, 5.41) is 11.9. The Morgan fingerprint density at radius 3 is 2.86 bits per heavy atom. The van der Waals surface area contributed by atoms with E-state index >= 15 is 0 Å². The molecule has 1 N–H and O–H groups in total. The summed E-state index contributed by atoms with van der Waals surface area (Å²) in [5.74, 6) is 0. The summed E-state index contributed by atoms with van der Waals surface area (Å²) in [4.78, 5) is 3.71. The zero-order chi connectivity index (χ0) is 15.2. The van der Waals surface area contributed by atoms with E-state index in [1.165, 1.54) is 17.6 Å². The molecule has 0 aromatic carbocycles. The maximum absolute atomic E-state index is 9.85. The van der Waals surface area contributed by atoms with Crippen molar-refractivity contribution in [1.29, 1.82) is 0 Å². The fraction of sp³-hybridized carbons (Fsp3) is 0.625. The van der Waals surface area contributed by atoms with Gasteiger partial charge in [0.25, 0.3) is 0 Å². The number of ether oxygens (including phenoxy) is 2. The predicted molar refractivity (Wildman–Crippen MR) is 86.6 cm³/mol. The number of aliphatic hydroxyl groups is 1. The van der Waals surface area contributed by atoms with E-state index in [4.69, 9.17) is 9.47 Å². The van der Waals surface area contributed by atoms with E-state index in [1.54, 1.807) is 11.3 Å². The van der Waals surface area contributed by atoms with Crippen LogP contribution >= 0.6 is 11.3 Å². The average Bonchev–Trinajstić information content (AvgIpc) is 2.90. The predicted octanol–water partition coefficient (Wildman–Crippen LogP) is 2.82. The third-order valence-corrected chi connectivity index (χ3v) is 5.18. The zero-order valence-electron chi connectivity index (χ0n) is 13.1. The number of rotatable bonds is 6. The van der Waals surface area contributed by atoms with E-state index in [1.807, 2.05) is 5.38 Å². The molecular formula is C16H25NO3S. The van der Waals surface area contributed by atoms with Gasteiger partial charge in [-0.3, -0.25) is 4.90 Å². The second kappa shape index (κ2) is 8.06. The second-order valence-electron chi connectivity index (χ2n) is 5.25. The van der Waals surface area contributed by atoms with Crippen molar-refractivity contribution >= 4 is 16.9 Å². The highest BCUT2D eigenvalue weighted by Gasteiger charge is 2.17. The molecule has 21 heavy (non-hydrogen) atoms. The van der Waals surface area contributed by atoms with Crippen LogP contribution in [0.25, 0.3) is 5.57 Å². The van der Waals surface area contributed by atoms with Crippen LogP contribution in [-0.4, -0.2) is 50.0 Å². The molecule has 1 aliphatic rings. The molecule has 1 aromatic heterocycles. The van der Waals surface area contributed by atoms with Gasteiger partial charge < -0.3 is 14.6 Å². The molecular weight excluding hydrogens is 286 g/mol. The standard InChI is InChI=1S/C16H25NO3S/c1-4-13(5-6-17-7-9-20-10-8-17)15-12(2)14(11-21-15)16(18)19-3/h4,11,16,18H,5-10H2,1-3H3/b13-4-. The molecule has 1 atom stereocenters. The first kappa shape index (κ1) is 16.6. The van der Waals surface area contributed by atoms with Crippen LogP contribution in [0.1, 0.15) is 35.6 Å². The first-order valence-electron chi connectivity index (χ1n) is 7.41. The molecule has 0 amide bonds. The lowest BCUT2D eigenvalue weighted by atomic mass is 10.0. The molecule has 0 spiro atoms. The average molecular weight is 311 g/mol. The normalized spacial score (nSPS) is 19.0. The van der Waals surface area contributed by atoms with Crippen molar-refractivity contribution in [3.8, 4) is 0 Å². The van der Waals surface area contributed by atoms with Gasteiger partial charge in [-0.2, -0.15) is 0 Å². The highest BCUT2D eigenvalue weighted by molar-refractivity contribution is 7.11. The van der Waals surface area contributed by atoms with Crippen molar-refractivity contribution in [2.45, 2.75) is 26.6 Å². The van der Waals surface area contributed by atoms with Crippen molar-refractivity contribution in [3.63, 3.8) is 0 Å². The molecule has 2 heterocycles. The van der Waals surface area contributed by atoms with Gasteiger partial charge in [-0.15, -0.1) is 11.3 Å². The number of thiophene rings is 1. The minimum absolute atomic E-state index is 0.827. The van der Waals surface area contributed by atoms with Gasteiger partial charge in [0.15, 0.2) is 6.29 Å². The van der Waals surface area contributed by atoms with Gasteiger partial charge in [-0.05, 0) is 36.8 Å². The molecule has 1 unspecified atom stereocenters. The highest BCUT2D eigenvalue weighted by atomic mass is 32.1. The van der Waals surface area contributed by atoms with Crippen LogP contribution in [0.2, 0.25) is 0 Å². The first-order valence-corrected chi connectivity index (χ1v) is 8.29. The summed E-state index contributed by atoms with van der Waals surface area (Å²) < 4.78 is 10.4. The van der Waals surface area contributed by atoms with Crippen LogP contribution in [0, 0.1) is 6.92 Å². The van der Waals surface area contributed by atoms with Crippen LogP contribution in [0.15, 0.2) is 11.5 Å². The quantitative estimate of drug-likeness (QED) is 0.820. The molecule has 1 fully saturated rings. The Morgan fingerprint density at radius 2 is 2.24 bits per heavy atom. The van der Waals surface area contributed by atoms with Gasteiger partial charge in [-0.25, -0.2) is 0 Å². The smallest absolute Gasteiger partial charge is 0.181 e. The lowest BCUT2D eigenvalue weighted by Crippen LogP contribution is -2.36. The number of hydrogen-bond acceptors (Lipinski definition) is 5. The van der Waals surface area contributed by atoms with E-state index < -0.39 is 6.29 Å². The fourth-order valence-corrected chi connectivity index (χ4v) is 3.81. The molecule has 1 saturated heterocycles. The van der Waals surface area contributed by atoms with Crippen molar-refractivity contribution in [2.24, 2.45) is 0 Å². The zero-order valence-corrected chi connectivity index (χ0v) is 13.9. The molecule has 1 aromatic rings. The van der Waals surface area contributed by atoms with E-state index in [2.05, 4.69) is 24.8 Å². The van der Waals surface area contributed by atoms with Gasteiger partial charge in [0.05, 0.1) is 13.2 Å². The molecule has 0 radical (unpaired) electrons. The Morgan fingerprint density at radius 1 is 1.52 bits per heavy atom. The summed E-state index contributed by atoms with van der Waals surface area (Å²) in [6.45, 7) is 8.92. The number of aliphatic hydroxyl groups excluding tert-OH is 1. The Hall–Kier alpha value is -0.720. The van der Waals surface area contributed by atoms with Crippen LogP contribution in [0.4, 0.5) is 0 Å². The number of nitrogens with zero attached hydrogens (tertiary/aromatic N) is 1. The van der Waals surface area contributed by atoms with Gasteiger partial charge in [0, 0.05) is 37.2 Å². The van der Waals surface area contributed by atoms with Crippen LogP contribution in [0.5, 0.6) is 0 Å². The monoisotopic (exact) mass is 311 g/mol. The van der Waals surface area contributed by atoms with Crippen LogP contribution in [-0.2, 0) is 9.47 Å². The number of allylic oxidation sites excluding steroid dienone is 1. The lowest BCUT2D eigenvalue weighted by molar-refractivity contribution is -0.0770. The summed E-state index contributed by atoms with van der Waals surface area (Å²) >= 11 is 1.69. The topological polar surface area (TPSA) is 41.9 Å². The molecule has 0 bridgehead atoms. The fourth-order valence-electron chi connectivity index (χ4n) is 2.61. The van der Waals surface area contributed by atoms with Gasteiger partial charge in [0.1, 0.15) is 0 Å². The molecule has 118 valence electrons. The van der Waals surface area contributed by atoms with E-state index in [0.29, 0.717) is 0 Å². The van der Waals surface area contributed by atoms with Crippen molar-refractivity contribution < 1.29 is 14.6 Å². The Kier molecular flexibility index (Phi) is 6.39. The first-order chi connectivity index (χ1) is 10.2. The summed E-state index contributed by atoms with van der Waals surface area (Å²) in [6.07, 6.45) is 2.38. The molecule has 1 aliphatic heterocycles. The van der Waals surface area contributed by atoms with E-state index in [9.17, 15) is 5.11 Å². The Labute approximate surface area is 131 Å². The minimum Gasteiger partial charge on any atom is -0.379 e. The van der Waals surface area contributed by atoms with Crippen molar-refractivity contribution in [1.82, 2.24) is 4.90 Å². The number of hydrogen-bond donors (Lipinski definition) is 1. The minimum atomic E-state index is -0.827. The molecule has 4 nitrogen and oxygen atoms in total. The van der Waals surface area contributed by atoms with E-state index in [-0.39, 0.29) is 0 Å². The van der Waals surface area contributed by atoms with Gasteiger partial charge >= 0.3 is 0 Å². The highest BCUT2D eigenvalue weighted by Crippen LogP contribution is 2.33. The molecule has 0 aliphatic carbocycles. The van der Waals surface area contributed by atoms with Gasteiger partial charge in [-0.1, -0.05) is 6.08 Å². The van der Waals surface area contributed by atoms with Crippen LogP contribution < -0.4 is 0 Å². The third-order valence-electron chi connectivity index (χ3n) is 4.01. The van der Waals surface area contributed by atoms with Crippen molar-refractivity contribution in [3.05, 3.63) is 27.5 Å². The SMILES string of the molecule is C/C=C(/CCN1CCOCC1)c1scc(C(O)OC)c1C. The summed E-state index contributed by atoms with van der Waals surface area (Å²) in [6, 6.07) is 0. The Bertz CT molecular complexity index is 478. The largest absolute Gasteiger partial charge is 0.379 e.